The number of aryl methyl sites for hydroxylation is 1. The molecule has 0 bridgehead atoms. The molecule has 1 aromatic carbocycles. The Balaban J connectivity index is 1.70. The summed E-state index contributed by atoms with van der Waals surface area (Å²) < 4.78 is 24.2. The molecule has 1 aliphatic heterocycles. The zero-order valence-electron chi connectivity index (χ0n) is 14.5. The van der Waals surface area contributed by atoms with Crippen LogP contribution in [0.25, 0.3) is 21.3 Å². The summed E-state index contributed by atoms with van der Waals surface area (Å²) in [6.45, 7) is 1.99. The third-order valence-corrected chi connectivity index (χ3v) is 7.35. The highest BCUT2D eigenvalue weighted by molar-refractivity contribution is 7.91. The van der Waals surface area contributed by atoms with E-state index in [9.17, 15) is 18.0 Å². The van der Waals surface area contributed by atoms with E-state index in [0.717, 1.165) is 21.4 Å². The lowest BCUT2D eigenvalue weighted by molar-refractivity contribution is -0.120. The molecule has 0 saturated carbocycles. The SMILES string of the molecule is Cc1ccc(-c2csc3ncn(NC(=O)[C@@H]4CCS(=O)(=O)C4)c(=O)c23)cc1. The molecule has 7 nitrogen and oxygen atoms in total. The Labute approximate surface area is 159 Å². The molecule has 1 fully saturated rings. The minimum Gasteiger partial charge on any atom is -0.273 e. The molecule has 1 aliphatic rings. The molecule has 1 N–H and O–H groups in total. The van der Waals surface area contributed by atoms with Crippen LogP contribution in [0.3, 0.4) is 0 Å². The average Bonchev–Trinajstić information content (AvgIpc) is 3.22. The van der Waals surface area contributed by atoms with Crippen molar-refractivity contribution in [3.05, 3.63) is 51.9 Å². The first-order chi connectivity index (χ1) is 12.8. The van der Waals surface area contributed by atoms with Crippen molar-refractivity contribution in [2.45, 2.75) is 13.3 Å². The van der Waals surface area contributed by atoms with Crippen LogP contribution < -0.4 is 11.0 Å². The molecule has 0 radical (unpaired) electrons. The summed E-state index contributed by atoms with van der Waals surface area (Å²) in [6, 6.07) is 7.82. The van der Waals surface area contributed by atoms with Crippen molar-refractivity contribution >= 4 is 37.3 Å². The molecule has 1 atom stereocenters. The van der Waals surface area contributed by atoms with E-state index < -0.39 is 21.7 Å². The van der Waals surface area contributed by atoms with Gasteiger partial charge in [-0.25, -0.2) is 18.1 Å². The van der Waals surface area contributed by atoms with Gasteiger partial charge in [-0.3, -0.25) is 15.0 Å². The minimum atomic E-state index is -3.18. The number of aromatic nitrogens is 2. The Morgan fingerprint density at radius 3 is 2.70 bits per heavy atom. The summed E-state index contributed by atoms with van der Waals surface area (Å²) in [5.41, 5.74) is 4.90. The second-order valence-electron chi connectivity index (χ2n) is 6.69. The molecule has 27 heavy (non-hydrogen) atoms. The Morgan fingerprint density at radius 2 is 2.04 bits per heavy atom. The van der Waals surface area contributed by atoms with Gasteiger partial charge < -0.3 is 0 Å². The van der Waals surface area contributed by atoms with Crippen LogP contribution in [0.15, 0.2) is 40.8 Å². The number of thiophene rings is 1. The third-order valence-electron chi connectivity index (χ3n) is 4.69. The van der Waals surface area contributed by atoms with Crippen LogP contribution in [-0.4, -0.2) is 35.5 Å². The predicted molar refractivity (Wildman–Crippen MR) is 105 cm³/mol. The first-order valence-corrected chi connectivity index (χ1v) is 11.1. The number of fused-ring (bicyclic) bond motifs is 1. The van der Waals surface area contributed by atoms with Crippen molar-refractivity contribution < 1.29 is 13.2 Å². The molecule has 3 heterocycles. The lowest BCUT2D eigenvalue weighted by atomic mass is 10.1. The molecule has 140 valence electrons. The molecule has 4 rings (SSSR count). The zero-order valence-corrected chi connectivity index (χ0v) is 16.1. The third kappa shape index (κ3) is 3.40. The fourth-order valence-electron chi connectivity index (χ4n) is 3.17. The van der Waals surface area contributed by atoms with E-state index in [1.54, 1.807) is 0 Å². The van der Waals surface area contributed by atoms with Gasteiger partial charge in [0.2, 0.25) is 5.91 Å². The largest absolute Gasteiger partial charge is 0.281 e. The number of sulfone groups is 1. The van der Waals surface area contributed by atoms with Gasteiger partial charge in [-0.2, -0.15) is 0 Å². The van der Waals surface area contributed by atoms with Crippen molar-refractivity contribution in [1.29, 1.82) is 0 Å². The number of carbonyl (C=O) groups excluding carboxylic acids is 1. The van der Waals surface area contributed by atoms with Crippen LogP contribution in [-0.2, 0) is 14.6 Å². The van der Waals surface area contributed by atoms with E-state index in [2.05, 4.69) is 10.4 Å². The highest BCUT2D eigenvalue weighted by Crippen LogP contribution is 2.30. The maximum atomic E-state index is 12.9. The number of amides is 1. The molecule has 3 aromatic rings. The van der Waals surface area contributed by atoms with Gasteiger partial charge in [0.25, 0.3) is 5.56 Å². The van der Waals surface area contributed by atoms with E-state index in [4.69, 9.17) is 0 Å². The first-order valence-electron chi connectivity index (χ1n) is 8.41. The van der Waals surface area contributed by atoms with Crippen molar-refractivity contribution in [2.24, 2.45) is 5.92 Å². The molecule has 0 spiro atoms. The number of nitrogens with zero attached hydrogens (tertiary/aromatic N) is 2. The van der Waals surface area contributed by atoms with Crippen molar-refractivity contribution in [3.8, 4) is 11.1 Å². The molecular formula is C18H17N3O4S2. The molecule has 0 aliphatic carbocycles. The maximum Gasteiger partial charge on any atom is 0.281 e. The van der Waals surface area contributed by atoms with E-state index in [-0.39, 0.29) is 23.5 Å². The van der Waals surface area contributed by atoms with Crippen LogP contribution in [0.2, 0.25) is 0 Å². The second-order valence-corrected chi connectivity index (χ2v) is 9.78. The van der Waals surface area contributed by atoms with Gasteiger partial charge in [-0.15, -0.1) is 11.3 Å². The van der Waals surface area contributed by atoms with Gasteiger partial charge in [0.15, 0.2) is 9.84 Å². The lowest BCUT2D eigenvalue weighted by Crippen LogP contribution is -2.37. The van der Waals surface area contributed by atoms with Gasteiger partial charge >= 0.3 is 0 Å². The summed E-state index contributed by atoms with van der Waals surface area (Å²) >= 11 is 1.36. The summed E-state index contributed by atoms with van der Waals surface area (Å²) in [5, 5.41) is 2.31. The van der Waals surface area contributed by atoms with Gasteiger partial charge in [0, 0.05) is 10.9 Å². The number of rotatable bonds is 3. The summed E-state index contributed by atoms with van der Waals surface area (Å²) in [4.78, 5) is 30.1. The van der Waals surface area contributed by atoms with Crippen LogP contribution in [0.5, 0.6) is 0 Å². The summed E-state index contributed by atoms with van der Waals surface area (Å²) in [6.07, 6.45) is 1.53. The van der Waals surface area contributed by atoms with Gasteiger partial charge in [-0.1, -0.05) is 29.8 Å². The average molecular weight is 403 g/mol. The normalized spacial score (nSPS) is 18.6. The monoisotopic (exact) mass is 403 g/mol. The smallest absolute Gasteiger partial charge is 0.273 e. The molecule has 0 unspecified atom stereocenters. The highest BCUT2D eigenvalue weighted by Gasteiger charge is 2.33. The van der Waals surface area contributed by atoms with Crippen LogP contribution in [0, 0.1) is 12.8 Å². The highest BCUT2D eigenvalue weighted by atomic mass is 32.2. The Hall–Kier alpha value is -2.52. The Morgan fingerprint density at radius 1 is 1.30 bits per heavy atom. The zero-order chi connectivity index (χ0) is 19.2. The minimum absolute atomic E-state index is 0.000622. The number of carbonyl (C=O) groups is 1. The lowest BCUT2D eigenvalue weighted by Gasteiger charge is -2.11. The van der Waals surface area contributed by atoms with Crippen LogP contribution in [0.4, 0.5) is 0 Å². The van der Waals surface area contributed by atoms with E-state index in [0.29, 0.717) is 10.2 Å². The quantitative estimate of drug-likeness (QED) is 0.721. The van der Waals surface area contributed by atoms with Crippen LogP contribution >= 0.6 is 11.3 Å². The number of hydrogen-bond donors (Lipinski definition) is 1. The molecular weight excluding hydrogens is 386 g/mol. The van der Waals surface area contributed by atoms with Gasteiger partial charge in [0.1, 0.15) is 11.2 Å². The Bertz CT molecular complexity index is 1190. The Kier molecular flexibility index (Phi) is 4.35. The predicted octanol–water partition coefficient (Wildman–Crippen LogP) is 1.94. The number of hydrogen-bond acceptors (Lipinski definition) is 6. The summed E-state index contributed by atoms with van der Waals surface area (Å²) in [7, 11) is -3.18. The van der Waals surface area contributed by atoms with Gasteiger partial charge in [0.05, 0.1) is 22.8 Å². The first kappa shape index (κ1) is 17.9. The second kappa shape index (κ2) is 6.58. The van der Waals surface area contributed by atoms with Crippen molar-refractivity contribution in [1.82, 2.24) is 9.66 Å². The fourth-order valence-corrected chi connectivity index (χ4v) is 5.82. The molecule has 9 heteroatoms. The van der Waals surface area contributed by atoms with Crippen molar-refractivity contribution in [3.63, 3.8) is 0 Å². The molecule has 1 saturated heterocycles. The number of nitrogens with one attached hydrogen (secondary N) is 1. The molecule has 1 amide bonds. The fraction of sp³-hybridized carbons (Fsp3) is 0.278. The van der Waals surface area contributed by atoms with Crippen molar-refractivity contribution in [2.75, 3.05) is 16.9 Å². The van der Waals surface area contributed by atoms with E-state index in [1.807, 2.05) is 36.6 Å². The standard InChI is InChI=1S/C18H17N3O4S2/c1-11-2-4-12(5-3-11)14-8-26-17-15(14)18(23)21(10-19-17)20-16(22)13-6-7-27(24,25)9-13/h2-5,8,10,13H,6-7,9H2,1H3,(H,20,22)/t13-/m1/s1. The topological polar surface area (TPSA) is 98.1 Å². The maximum absolute atomic E-state index is 12.9. The van der Waals surface area contributed by atoms with Gasteiger partial charge in [-0.05, 0) is 18.9 Å². The molecule has 2 aromatic heterocycles. The number of benzene rings is 1. The van der Waals surface area contributed by atoms with E-state index >= 15 is 0 Å². The summed E-state index contributed by atoms with van der Waals surface area (Å²) in [5.74, 6) is -1.31. The van der Waals surface area contributed by atoms with E-state index in [1.165, 1.54) is 17.7 Å². The van der Waals surface area contributed by atoms with Crippen LogP contribution in [0.1, 0.15) is 12.0 Å².